The first-order chi connectivity index (χ1) is 7.97. The molecule has 88 valence electrons. The molecule has 0 unspecified atom stereocenters. The molecule has 2 amide bonds. The maximum Gasteiger partial charge on any atom is 0.290 e. The van der Waals surface area contributed by atoms with Crippen LogP contribution in [0, 0.1) is 0 Å². The fraction of sp³-hybridized carbons (Fsp3) is 0. The van der Waals surface area contributed by atoms with Crippen LogP contribution < -0.4 is 5.32 Å². The van der Waals surface area contributed by atoms with E-state index in [1.54, 1.807) is 18.2 Å². The number of carbonyl (C=O) groups is 2. The summed E-state index contributed by atoms with van der Waals surface area (Å²) in [6, 6.07) is 3.49. The van der Waals surface area contributed by atoms with E-state index in [2.05, 4.69) is 37.2 Å². The Kier molecular flexibility index (Phi) is 3.97. The van der Waals surface area contributed by atoms with Crippen molar-refractivity contribution in [2.45, 2.75) is 0 Å². The van der Waals surface area contributed by atoms with Crippen LogP contribution in [0.4, 0.5) is 4.79 Å². The summed E-state index contributed by atoms with van der Waals surface area (Å²) in [5, 5.41) is 2.41. The van der Waals surface area contributed by atoms with E-state index >= 15 is 0 Å². The molecular formula is C10H4Br2ClNO2S. The molecule has 0 atom stereocenters. The molecule has 1 aliphatic heterocycles. The van der Waals surface area contributed by atoms with Gasteiger partial charge < -0.3 is 0 Å². The van der Waals surface area contributed by atoms with Crippen molar-refractivity contribution < 1.29 is 9.59 Å². The van der Waals surface area contributed by atoms with Crippen molar-refractivity contribution in [1.29, 1.82) is 0 Å². The molecule has 1 N–H and O–H groups in total. The van der Waals surface area contributed by atoms with E-state index in [0.717, 1.165) is 26.3 Å². The van der Waals surface area contributed by atoms with Gasteiger partial charge in [-0.25, -0.2) is 0 Å². The van der Waals surface area contributed by atoms with E-state index in [4.69, 9.17) is 11.6 Å². The summed E-state index contributed by atoms with van der Waals surface area (Å²) in [6.07, 6.45) is 1.63. The smallest absolute Gasteiger partial charge is 0.282 e. The second-order valence-electron chi connectivity index (χ2n) is 3.14. The summed E-state index contributed by atoms with van der Waals surface area (Å²) in [5.41, 5.74) is 0.772. The average molecular weight is 397 g/mol. The second-order valence-corrected chi connectivity index (χ2v) is 6.27. The molecule has 7 heteroatoms. The van der Waals surface area contributed by atoms with Crippen LogP contribution in [0.25, 0.3) is 6.08 Å². The molecule has 0 radical (unpaired) electrons. The highest BCUT2D eigenvalue weighted by Gasteiger charge is 2.25. The standard InChI is InChI=1S/C10H4Br2ClNO2S/c11-5-3-7(13)6(12)1-4(5)2-8-9(15)14-10(16)17-8/h1-3H,(H,14,15,16)/b8-2-. The van der Waals surface area contributed by atoms with E-state index < -0.39 is 0 Å². The quantitative estimate of drug-likeness (QED) is 0.571. The molecule has 1 heterocycles. The van der Waals surface area contributed by atoms with Gasteiger partial charge in [-0.1, -0.05) is 27.5 Å². The molecule has 0 aliphatic carbocycles. The Labute approximate surface area is 123 Å². The van der Waals surface area contributed by atoms with Crippen LogP contribution in [-0.4, -0.2) is 11.1 Å². The first kappa shape index (κ1) is 13.1. The minimum absolute atomic E-state index is 0.356. The third kappa shape index (κ3) is 2.93. The van der Waals surface area contributed by atoms with Crippen molar-refractivity contribution in [2.24, 2.45) is 0 Å². The predicted molar refractivity (Wildman–Crippen MR) is 76.0 cm³/mol. The highest BCUT2D eigenvalue weighted by Crippen LogP contribution is 2.33. The molecule has 1 aromatic rings. The number of benzene rings is 1. The van der Waals surface area contributed by atoms with Gasteiger partial charge in [0.1, 0.15) is 0 Å². The van der Waals surface area contributed by atoms with Gasteiger partial charge in [0.05, 0.1) is 9.93 Å². The number of halogens is 3. The molecule has 0 saturated carbocycles. The summed E-state index contributed by atoms with van der Waals surface area (Å²) in [5.74, 6) is -0.377. The van der Waals surface area contributed by atoms with Gasteiger partial charge in [-0.3, -0.25) is 14.9 Å². The minimum atomic E-state index is -0.377. The van der Waals surface area contributed by atoms with Crippen LogP contribution in [0.2, 0.25) is 5.02 Å². The fourth-order valence-corrected chi connectivity index (χ4v) is 3.00. The second kappa shape index (κ2) is 5.14. The Balaban J connectivity index is 2.42. The third-order valence-electron chi connectivity index (χ3n) is 1.97. The van der Waals surface area contributed by atoms with Crippen molar-refractivity contribution in [3.05, 3.63) is 36.6 Å². The van der Waals surface area contributed by atoms with Gasteiger partial charge in [-0.15, -0.1) is 0 Å². The zero-order chi connectivity index (χ0) is 12.6. The third-order valence-corrected chi connectivity index (χ3v) is 4.66. The molecule has 3 nitrogen and oxygen atoms in total. The molecule has 2 rings (SSSR count). The van der Waals surface area contributed by atoms with Gasteiger partial charge in [0, 0.05) is 8.95 Å². The number of carbonyl (C=O) groups excluding carboxylic acids is 2. The summed E-state index contributed by atoms with van der Waals surface area (Å²) < 4.78 is 1.48. The summed E-state index contributed by atoms with van der Waals surface area (Å²) in [4.78, 5) is 22.8. The monoisotopic (exact) mass is 395 g/mol. The number of amides is 2. The molecule has 0 spiro atoms. The minimum Gasteiger partial charge on any atom is -0.282 e. The highest BCUT2D eigenvalue weighted by atomic mass is 79.9. The lowest BCUT2D eigenvalue weighted by molar-refractivity contribution is -0.115. The molecular weight excluding hydrogens is 393 g/mol. The van der Waals surface area contributed by atoms with Crippen LogP contribution in [0.3, 0.4) is 0 Å². The highest BCUT2D eigenvalue weighted by molar-refractivity contribution is 9.11. The van der Waals surface area contributed by atoms with E-state index in [1.165, 1.54) is 0 Å². The Morgan fingerprint density at radius 3 is 2.53 bits per heavy atom. The fourth-order valence-electron chi connectivity index (χ4n) is 1.21. The van der Waals surface area contributed by atoms with Gasteiger partial charge in [0.2, 0.25) is 0 Å². The lowest BCUT2D eigenvalue weighted by Gasteiger charge is -2.02. The van der Waals surface area contributed by atoms with Crippen molar-refractivity contribution in [3.8, 4) is 0 Å². The largest absolute Gasteiger partial charge is 0.290 e. The van der Waals surface area contributed by atoms with Crippen LogP contribution in [-0.2, 0) is 4.79 Å². The summed E-state index contributed by atoms with van der Waals surface area (Å²) >= 11 is 13.4. The number of hydrogen-bond acceptors (Lipinski definition) is 3. The van der Waals surface area contributed by atoms with Crippen molar-refractivity contribution in [2.75, 3.05) is 0 Å². The Hall–Kier alpha value is -0.300. The maximum atomic E-state index is 11.4. The molecule has 1 aliphatic rings. The first-order valence-electron chi connectivity index (χ1n) is 4.37. The Morgan fingerprint density at radius 1 is 1.24 bits per heavy atom. The first-order valence-corrected chi connectivity index (χ1v) is 7.15. The number of hydrogen-bond donors (Lipinski definition) is 1. The molecule has 1 saturated heterocycles. The number of imide groups is 1. The topological polar surface area (TPSA) is 46.2 Å². The van der Waals surface area contributed by atoms with Crippen LogP contribution in [0.1, 0.15) is 5.56 Å². The van der Waals surface area contributed by atoms with Gasteiger partial charge in [0.25, 0.3) is 11.1 Å². The Bertz CT molecular complexity index is 559. The van der Waals surface area contributed by atoms with Gasteiger partial charge in [-0.05, 0) is 51.5 Å². The average Bonchev–Trinajstić information content (AvgIpc) is 2.54. The van der Waals surface area contributed by atoms with Crippen LogP contribution in [0.15, 0.2) is 26.0 Å². The molecule has 0 aromatic heterocycles. The molecule has 17 heavy (non-hydrogen) atoms. The summed E-state index contributed by atoms with van der Waals surface area (Å²) in [7, 11) is 0. The molecule has 1 aromatic carbocycles. The van der Waals surface area contributed by atoms with Crippen LogP contribution >= 0.6 is 55.2 Å². The Morgan fingerprint density at radius 2 is 1.94 bits per heavy atom. The van der Waals surface area contributed by atoms with Crippen molar-refractivity contribution in [3.63, 3.8) is 0 Å². The SMILES string of the molecule is O=C1NC(=O)/C(=C/c2cc(Br)c(Cl)cc2Br)S1. The summed E-state index contributed by atoms with van der Waals surface area (Å²) in [6.45, 7) is 0. The maximum absolute atomic E-state index is 11.4. The lowest BCUT2D eigenvalue weighted by Crippen LogP contribution is -2.17. The van der Waals surface area contributed by atoms with Crippen molar-refractivity contribution >= 4 is 72.4 Å². The van der Waals surface area contributed by atoms with E-state index in [0.29, 0.717) is 9.93 Å². The normalized spacial score (nSPS) is 17.7. The zero-order valence-electron chi connectivity index (χ0n) is 8.09. The number of thioether (sulfide) groups is 1. The van der Waals surface area contributed by atoms with Gasteiger partial charge in [0.15, 0.2) is 0 Å². The molecule has 1 fully saturated rings. The zero-order valence-corrected chi connectivity index (χ0v) is 12.8. The number of nitrogens with one attached hydrogen (secondary N) is 1. The number of rotatable bonds is 1. The van der Waals surface area contributed by atoms with E-state index in [1.807, 2.05) is 0 Å². The predicted octanol–water partition coefficient (Wildman–Crippen LogP) is 4.19. The van der Waals surface area contributed by atoms with Gasteiger partial charge in [-0.2, -0.15) is 0 Å². The van der Waals surface area contributed by atoms with Gasteiger partial charge >= 0.3 is 0 Å². The van der Waals surface area contributed by atoms with Crippen LogP contribution in [0.5, 0.6) is 0 Å². The molecule has 0 bridgehead atoms. The van der Waals surface area contributed by atoms with E-state index in [-0.39, 0.29) is 11.1 Å². The van der Waals surface area contributed by atoms with E-state index in [9.17, 15) is 9.59 Å². The van der Waals surface area contributed by atoms with Crippen molar-refractivity contribution in [1.82, 2.24) is 5.32 Å². The lowest BCUT2D eigenvalue weighted by atomic mass is 10.2.